The van der Waals surface area contributed by atoms with Crippen LogP contribution in [0.1, 0.15) is 6.92 Å². The number of hydrogen-bond donors (Lipinski definition) is 1. The van der Waals surface area contributed by atoms with Crippen molar-refractivity contribution in [2.24, 2.45) is 5.73 Å². The molecule has 0 saturated heterocycles. The van der Waals surface area contributed by atoms with Crippen molar-refractivity contribution in [1.29, 1.82) is 0 Å². The van der Waals surface area contributed by atoms with Gasteiger partial charge in [0.15, 0.2) is 0 Å². The molecule has 0 radical (unpaired) electrons. The summed E-state index contributed by atoms with van der Waals surface area (Å²) in [4.78, 5) is 0. The molecule has 1 nitrogen and oxygen atoms in total. The first-order valence-corrected chi connectivity index (χ1v) is 5.97. The van der Waals surface area contributed by atoms with Crippen molar-refractivity contribution in [1.82, 2.24) is 0 Å². The average Bonchev–Trinajstić information content (AvgIpc) is 1.73. The molecule has 0 aliphatic carbocycles. The maximum Gasteiger partial charge on any atom is 0.0302 e. The summed E-state index contributed by atoms with van der Waals surface area (Å²) in [6.07, 6.45) is 0. The van der Waals surface area contributed by atoms with Crippen molar-refractivity contribution in [3.63, 3.8) is 0 Å². The normalized spacial score (nSPS) is 7.71. The highest BCUT2D eigenvalue weighted by Crippen LogP contribution is 1.83. The van der Waals surface area contributed by atoms with E-state index in [-0.39, 0.29) is 8.80 Å². The lowest BCUT2D eigenvalue weighted by molar-refractivity contribution is 1.41. The minimum absolute atomic E-state index is 0.150. The molecule has 0 spiro atoms. The highest BCUT2D eigenvalue weighted by atomic mass is 28.3. The van der Waals surface area contributed by atoms with Gasteiger partial charge in [-0.2, -0.15) is 0 Å². The van der Waals surface area contributed by atoms with Crippen LogP contribution in [-0.4, -0.2) is 15.8 Å². The fourth-order valence-corrected chi connectivity index (χ4v) is 0. The van der Waals surface area contributed by atoms with E-state index < -0.39 is 0 Å². The Bertz CT molecular complexity index is 22.0. The second kappa shape index (κ2) is 9.49. The highest BCUT2D eigenvalue weighted by molar-refractivity contribution is 6.55. The molecule has 0 atom stereocenters. The van der Waals surface area contributed by atoms with Gasteiger partial charge in [0.2, 0.25) is 0 Å². The van der Waals surface area contributed by atoms with Gasteiger partial charge in [-0.1, -0.05) is 26.1 Å². The third kappa shape index (κ3) is 22.7. The van der Waals surface area contributed by atoms with Crippen molar-refractivity contribution < 1.29 is 0 Å². The van der Waals surface area contributed by atoms with Crippen molar-refractivity contribution in [3.05, 3.63) is 0 Å². The van der Waals surface area contributed by atoms with Gasteiger partial charge in [-0.3, -0.25) is 0 Å². The van der Waals surface area contributed by atoms with Crippen LogP contribution >= 0.6 is 0 Å². The Morgan fingerprint density at radius 3 is 1.43 bits per heavy atom. The lowest BCUT2D eigenvalue weighted by atomic mass is 11.0. The second-order valence-electron chi connectivity index (χ2n) is 1.80. The lowest BCUT2D eigenvalue weighted by Crippen LogP contribution is -1.92. The first kappa shape index (κ1) is 10.2. The topological polar surface area (TPSA) is 26.0 Å². The van der Waals surface area contributed by atoms with Crippen molar-refractivity contribution in [3.8, 4) is 0 Å². The minimum Gasteiger partial charge on any atom is -0.333 e. The third-order valence-electron chi connectivity index (χ3n) is 0.816. The van der Waals surface area contributed by atoms with Crippen LogP contribution in [-0.2, 0) is 0 Å². The van der Waals surface area contributed by atoms with Crippen molar-refractivity contribution in [2.75, 3.05) is 7.05 Å². The first-order valence-electron chi connectivity index (χ1n) is 2.85. The SMILES string of the molecule is CC[SiH](C)C.CN. The van der Waals surface area contributed by atoms with Crippen molar-refractivity contribution in [2.45, 2.75) is 26.1 Å². The zero-order valence-corrected chi connectivity index (χ0v) is 7.02. The van der Waals surface area contributed by atoms with Crippen LogP contribution in [0.4, 0.5) is 0 Å². The van der Waals surface area contributed by atoms with Gasteiger partial charge in [0.25, 0.3) is 0 Å². The molecule has 2 heteroatoms. The van der Waals surface area contributed by atoms with E-state index in [0.29, 0.717) is 0 Å². The second-order valence-corrected chi connectivity index (χ2v) is 5.41. The van der Waals surface area contributed by atoms with Crippen LogP contribution in [0.15, 0.2) is 0 Å². The van der Waals surface area contributed by atoms with Gasteiger partial charge in [-0.25, -0.2) is 0 Å². The molecule has 46 valence electrons. The van der Waals surface area contributed by atoms with E-state index in [0.717, 1.165) is 0 Å². The van der Waals surface area contributed by atoms with Crippen LogP contribution in [0.5, 0.6) is 0 Å². The summed E-state index contributed by atoms with van der Waals surface area (Å²) < 4.78 is 0. The Kier molecular flexibility index (Phi) is 13.8. The fourth-order valence-electron chi connectivity index (χ4n) is 0. The summed E-state index contributed by atoms with van der Waals surface area (Å²) in [6.45, 7) is 6.98. The van der Waals surface area contributed by atoms with Gasteiger partial charge in [-0.05, 0) is 7.05 Å². The third-order valence-corrected chi connectivity index (χ3v) is 2.45. The highest BCUT2D eigenvalue weighted by Gasteiger charge is 1.82. The maximum absolute atomic E-state index is 4.50. The molecule has 0 unspecified atom stereocenters. The molecular formula is C5H17NSi. The number of hydrogen-bond acceptors (Lipinski definition) is 1. The number of nitrogens with two attached hydrogens (primary N) is 1. The van der Waals surface area contributed by atoms with E-state index in [4.69, 9.17) is 0 Å². The van der Waals surface area contributed by atoms with Gasteiger partial charge in [0.1, 0.15) is 0 Å². The van der Waals surface area contributed by atoms with E-state index in [1.807, 2.05) is 0 Å². The monoisotopic (exact) mass is 119 g/mol. The predicted molar refractivity (Wildman–Crippen MR) is 39.5 cm³/mol. The summed E-state index contributed by atoms with van der Waals surface area (Å²) in [5, 5.41) is 0. The molecule has 0 aromatic heterocycles. The molecule has 0 saturated carbocycles. The van der Waals surface area contributed by atoms with E-state index >= 15 is 0 Å². The fraction of sp³-hybridized carbons (Fsp3) is 1.00. The molecule has 0 amide bonds. The molecule has 7 heavy (non-hydrogen) atoms. The molecule has 0 aromatic rings. The Hall–Kier alpha value is 0.177. The lowest BCUT2D eigenvalue weighted by Gasteiger charge is -1.87. The van der Waals surface area contributed by atoms with Crippen LogP contribution < -0.4 is 5.73 Å². The molecule has 0 rings (SSSR count). The molecule has 2 N–H and O–H groups in total. The summed E-state index contributed by atoms with van der Waals surface area (Å²) in [7, 11) is 1.35. The Morgan fingerprint density at radius 2 is 1.43 bits per heavy atom. The maximum atomic E-state index is 4.50. The van der Waals surface area contributed by atoms with Crippen LogP contribution in [0.2, 0.25) is 19.1 Å². The standard InChI is InChI=1S/C4H12Si.CH5N/c1-4-5(2)3;1-2/h5H,4H2,1-3H3;2H2,1H3. The number of rotatable bonds is 1. The molecule has 0 bridgehead atoms. The Labute approximate surface area is 48.5 Å². The molecule has 0 aromatic carbocycles. The van der Waals surface area contributed by atoms with Crippen LogP contribution in [0.3, 0.4) is 0 Å². The molecule has 0 fully saturated rings. The first-order chi connectivity index (χ1) is 3.27. The molecule has 0 aliphatic heterocycles. The van der Waals surface area contributed by atoms with Crippen LogP contribution in [0, 0.1) is 0 Å². The van der Waals surface area contributed by atoms with Gasteiger partial charge < -0.3 is 5.73 Å². The van der Waals surface area contributed by atoms with E-state index in [9.17, 15) is 0 Å². The quantitative estimate of drug-likeness (QED) is 0.513. The zero-order chi connectivity index (χ0) is 6.28. The largest absolute Gasteiger partial charge is 0.333 e. The smallest absolute Gasteiger partial charge is 0.0302 e. The zero-order valence-electron chi connectivity index (χ0n) is 5.86. The van der Waals surface area contributed by atoms with Gasteiger partial charge in [-0.15, -0.1) is 0 Å². The van der Waals surface area contributed by atoms with Gasteiger partial charge in [0.05, 0.1) is 0 Å². The van der Waals surface area contributed by atoms with E-state index in [1.54, 1.807) is 0 Å². The van der Waals surface area contributed by atoms with Gasteiger partial charge >= 0.3 is 0 Å². The summed E-state index contributed by atoms with van der Waals surface area (Å²) in [6, 6.07) is 1.44. The summed E-state index contributed by atoms with van der Waals surface area (Å²) >= 11 is 0. The summed E-state index contributed by atoms with van der Waals surface area (Å²) in [5.74, 6) is 0. The van der Waals surface area contributed by atoms with E-state index in [1.165, 1.54) is 13.1 Å². The molecule has 0 heterocycles. The van der Waals surface area contributed by atoms with E-state index in [2.05, 4.69) is 25.8 Å². The van der Waals surface area contributed by atoms with Crippen molar-refractivity contribution >= 4 is 8.80 Å². The average molecular weight is 119 g/mol. The minimum atomic E-state index is -0.150. The predicted octanol–water partition coefficient (Wildman–Crippen LogP) is 1.07. The molecule has 0 aliphatic rings. The molecular weight excluding hydrogens is 102 g/mol. The summed E-state index contributed by atoms with van der Waals surface area (Å²) in [5.41, 5.74) is 4.50. The van der Waals surface area contributed by atoms with Crippen LogP contribution in [0.25, 0.3) is 0 Å². The Morgan fingerprint density at radius 1 is 1.29 bits per heavy atom. The Balaban J connectivity index is 0. The van der Waals surface area contributed by atoms with Gasteiger partial charge in [0, 0.05) is 8.80 Å².